The highest BCUT2D eigenvalue weighted by Crippen LogP contribution is 1.13. The summed E-state index contributed by atoms with van der Waals surface area (Å²) < 4.78 is 17.0. The molecule has 1 N–H and O–H groups in total. The maximum Gasteiger partial charge on any atom is 0.327 e. The molecule has 0 radical (unpaired) electrons. The first-order valence-corrected chi connectivity index (χ1v) is 1.30. The van der Waals surface area contributed by atoms with E-state index in [4.69, 9.17) is 19.5 Å². The lowest BCUT2D eigenvalue weighted by Crippen LogP contribution is -1.94. The fraction of sp³-hybridized carbons (Fsp3) is 0. The topological polar surface area (TPSA) is 94.7 Å². The van der Waals surface area contributed by atoms with Crippen LogP contribution in [0.15, 0.2) is 0 Å². The molecule has 0 spiro atoms. The Labute approximate surface area is 36.7 Å². The van der Waals surface area contributed by atoms with Crippen molar-refractivity contribution in [2.24, 2.45) is 0 Å². The van der Waals surface area contributed by atoms with Crippen LogP contribution in [0.5, 0.6) is 0 Å². The zero-order valence-electron chi connectivity index (χ0n) is 2.46. The Kier molecular flexibility index (Phi) is 35.3. The first kappa shape index (κ1) is 9.15. The van der Waals surface area contributed by atoms with Crippen LogP contribution in [-0.4, -0.2) is 4.66 Å². The molecule has 0 bridgehead atoms. The molecule has 0 aromatic carbocycles. The van der Waals surface area contributed by atoms with Gasteiger partial charge in [0, 0.05) is 0 Å². The Morgan fingerprint density at radius 1 is 1.83 bits per heavy atom. The minimum Gasteiger partial charge on any atom is -0.506 e. The van der Waals surface area contributed by atoms with Gasteiger partial charge in [-0.15, -0.1) is 4.66 Å². The normalized spacial score (nSPS) is 5.00. The fourth-order valence-corrected chi connectivity index (χ4v) is 0. The van der Waals surface area contributed by atoms with Crippen LogP contribution in [0.2, 0.25) is 0 Å². The second-order valence-corrected chi connectivity index (χ2v) is 0.275. The van der Waals surface area contributed by atoms with Gasteiger partial charge in [0.1, 0.15) is 0 Å². The summed E-state index contributed by atoms with van der Waals surface area (Å²) in [7, 11) is 0. The molecule has 6 heavy (non-hydrogen) atoms. The van der Waals surface area contributed by atoms with Crippen molar-refractivity contribution < 1.29 is 25.9 Å². The standard InChI is InChI=1S/ClHO2.O3/c2-1-3;1-3-2/h2H;. The third kappa shape index (κ3) is 162. The average molecular weight is 116 g/mol. The van der Waals surface area contributed by atoms with Gasteiger partial charge in [0.15, 0.2) is 4.75 Å². The lowest BCUT2D eigenvalue weighted by molar-refractivity contribution is -1.27. The van der Waals surface area contributed by atoms with E-state index in [2.05, 4.69) is 0 Å². The molecule has 0 amide bonds. The maximum atomic E-state index is 8.35. The van der Waals surface area contributed by atoms with E-state index in [0.717, 1.165) is 0 Å². The summed E-state index contributed by atoms with van der Waals surface area (Å²) in [5.41, 5.74) is 0. The van der Waals surface area contributed by atoms with E-state index in [1.165, 1.54) is 0 Å². The third-order valence-corrected chi connectivity index (χ3v) is 0. The molecule has 0 aliphatic heterocycles. The summed E-state index contributed by atoms with van der Waals surface area (Å²) in [6.45, 7) is 0. The molecular formula is HClO5. The van der Waals surface area contributed by atoms with Gasteiger partial charge in [-0.25, -0.2) is 0 Å². The molecule has 0 fully saturated rings. The van der Waals surface area contributed by atoms with Gasteiger partial charge in [-0.05, 0) is 0 Å². The zero-order valence-corrected chi connectivity index (χ0v) is 3.21. The van der Waals surface area contributed by atoms with Crippen LogP contribution >= 0.6 is 0 Å². The highest BCUT2D eigenvalue weighted by molar-refractivity contribution is 4.20. The van der Waals surface area contributed by atoms with Gasteiger partial charge in [-0.2, -0.15) is 0 Å². The van der Waals surface area contributed by atoms with Crippen LogP contribution in [0.4, 0.5) is 0 Å². The van der Waals surface area contributed by atoms with E-state index in [0.29, 0.717) is 0 Å². The highest BCUT2D eigenvalue weighted by atomic mass is 35.6. The van der Waals surface area contributed by atoms with E-state index >= 15 is 0 Å². The van der Waals surface area contributed by atoms with Crippen LogP contribution in [-0.2, 0) is 0 Å². The van der Waals surface area contributed by atoms with Crippen LogP contribution in [0, 0.1) is 21.0 Å². The van der Waals surface area contributed by atoms with Crippen molar-refractivity contribution in [1.29, 1.82) is 0 Å². The summed E-state index contributed by atoms with van der Waals surface area (Å²) in [5.74, 6) is 0. The van der Waals surface area contributed by atoms with Gasteiger partial charge >= 0.3 is 11.3 Å². The number of rotatable bonds is 0. The van der Waals surface area contributed by atoms with Crippen molar-refractivity contribution in [3.8, 4) is 0 Å². The van der Waals surface area contributed by atoms with E-state index in [-0.39, 0.29) is 11.3 Å². The van der Waals surface area contributed by atoms with Crippen molar-refractivity contribution in [3.63, 3.8) is 0 Å². The maximum absolute atomic E-state index is 8.35. The number of halogens is 1. The molecule has 0 atom stereocenters. The highest BCUT2D eigenvalue weighted by Gasteiger charge is 1.47. The first-order valence-electron chi connectivity index (χ1n) is 0.657. The van der Waals surface area contributed by atoms with Crippen LogP contribution in [0.1, 0.15) is 0 Å². The van der Waals surface area contributed by atoms with Gasteiger partial charge in [0.05, 0.1) is 0 Å². The van der Waals surface area contributed by atoms with Gasteiger partial charge in [0.25, 0.3) is 0 Å². The predicted molar refractivity (Wildman–Crippen MR) is 8.95 cm³/mol. The molecule has 0 aromatic rings. The quantitative estimate of drug-likeness (QED) is 0.209. The van der Waals surface area contributed by atoms with Crippen molar-refractivity contribution >= 4 is 0 Å². The first-order chi connectivity index (χ1) is 2.83. The fourth-order valence-electron chi connectivity index (χ4n) is 0. The zero-order chi connectivity index (χ0) is 5.41. The molecule has 0 saturated carbocycles. The molecule has 0 aromatic heterocycles. The monoisotopic (exact) mass is 116 g/mol. The van der Waals surface area contributed by atoms with E-state index in [9.17, 15) is 0 Å². The average Bonchev–Trinajstić information content (AvgIpc) is 1.39. The minimum absolute atomic E-state index is 0.167. The summed E-state index contributed by atoms with van der Waals surface area (Å²) in [4.78, 5) is 7.88. The summed E-state index contributed by atoms with van der Waals surface area (Å²) in [6.07, 6.45) is 0. The van der Waals surface area contributed by atoms with Crippen molar-refractivity contribution in [2.75, 3.05) is 0 Å². The Bertz CT molecular complexity index is 17.9. The van der Waals surface area contributed by atoms with Gasteiger partial charge in [-0.3, -0.25) is 0 Å². The molecule has 5 nitrogen and oxygen atoms in total. The largest absolute Gasteiger partial charge is 0.506 e. The Balaban J connectivity index is 0. The van der Waals surface area contributed by atoms with Gasteiger partial charge in [0.2, 0.25) is 0 Å². The predicted octanol–water partition coefficient (Wildman–Crippen LogP) is -2.87. The van der Waals surface area contributed by atoms with E-state index in [1.54, 1.807) is 4.75 Å². The third-order valence-electron chi connectivity index (χ3n) is 0. The lowest BCUT2D eigenvalue weighted by Gasteiger charge is -1.46. The minimum atomic E-state index is -0.167. The van der Waals surface area contributed by atoms with E-state index < -0.39 is 0 Å². The Hall–Kier alpha value is -0.390. The molecule has 6 heteroatoms. The molecule has 0 saturated heterocycles. The van der Waals surface area contributed by atoms with E-state index in [1.807, 2.05) is 0 Å². The molecule has 0 unspecified atom stereocenters. The second-order valence-electron chi connectivity index (χ2n) is 0.137. The molecule has 0 heterocycles. The number of hydrogen-bond donors (Lipinski definition) is 1. The number of hydrogen-bond acceptors (Lipinski definition) is 4. The SMILES string of the molecule is O=[O+][O-].[O-][Cl+]O. The van der Waals surface area contributed by atoms with Crippen molar-refractivity contribution in [2.45, 2.75) is 0 Å². The molecule has 0 aliphatic rings. The smallest absolute Gasteiger partial charge is 0.327 e. The molecule has 0 aliphatic carbocycles. The molecule has 38 valence electrons. The summed E-state index contributed by atoms with van der Waals surface area (Å²) in [6, 6.07) is 0. The van der Waals surface area contributed by atoms with Crippen molar-refractivity contribution in [3.05, 3.63) is 9.71 Å². The summed E-state index contributed by atoms with van der Waals surface area (Å²) >= 11 is -0.167. The van der Waals surface area contributed by atoms with Gasteiger partial charge in [-0.1, -0.05) is 10.2 Å². The lowest BCUT2D eigenvalue weighted by atomic mass is 14.8. The Morgan fingerprint density at radius 2 is 1.83 bits per heavy atom. The van der Waals surface area contributed by atoms with Crippen molar-refractivity contribution in [1.82, 2.24) is 0 Å². The molecular weight excluding hydrogens is 115 g/mol. The second kappa shape index (κ2) is 23.2. The summed E-state index contributed by atoms with van der Waals surface area (Å²) in [5, 5.41) is 7.88. The Morgan fingerprint density at radius 3 is 1.83 bits per heavy atom. The van der Waals surface area contributed by atoms with Gasteiger partial charge < -0.3 is 4.66 Å². The van der Waals surface area contributed by atoms with Crippen LogP contribution in [0.3, 0.4) is 0 Å². The van der Waals surface area contributed by atoms with Crippen LogP contribution in [0.25, 0.3) is 0 Å². The molecule has 0 rings (SSSR count). The van der Waals surface area contributed by atoms with Crippen LogP contribution < -0.4 is 9.92 Å².